The molecule has 0 radical (unpaired) electrons. The lowest BCUT2D eigenvalue weighted by Crippen LogP contribution is -2.29. The maximum atomic E-state index is 13.4. The highest BCUT2D eigenvalue weighted by atomic mass is 35.5. The molecule has 0 bridgehead atoms. The molecule has 1 aliphatic heterocycles. The largest absolute Gasteiger partial charge is 0.507 e. The molecule has 8 nitrogen and oxygen atoms in total. The molecule has 0 spiro atoms. The number of phenolic OH excluding ortho intramolecular Hbond substituents is 1. The third-order valence-electron chi connectivity index (χ3n) is 6.11. The summed E-state index contributed by atoms with van der Waals surface area (Å²) in [6.07, 6.45) is 0. The molecule has 1 saturated heterocycles. The van der Waals surface area contributed by atoms with Crippen LogP contribution in [0.3, 0.4) is 0 Å². The van der Waals surface area contributed by atoms with E-state index in [1.165, 1.54) is 24.1 Å². The Labute approximate surface area is 219 Å². The lowest BCUT2D eigenvalue weighted by Gasteiger charge is -2.26. The standard InChI is InChI=1S/C28H27ClN2O6/c1-5-37-23-15-16(6-12-21(23)32)25-24(26(33)17-7-13-22(36-4)20(29)14-17)27(34)28(35)31(25)19-10-8-18(9-11-19)30(2)3/h6-15,25,32-33H,5H2,1-4H3/b26-24-. The van der Waals surface area contributed by atoms with Crippen molar-refractivity contribution in [1.82, 2.24) is 0 Å². The van der Waals surface area contributed by atoms with Gasteiger partial charge in [0, 0.05) is 31.0 Å². The third-order valence-corrected chi connectivity index (χ3v) is 6.41. The van der Waals surface area contributed by atoms with Crippen molar-refractivity contribution >= 4 is 40.4 Å². The number of hydrogen-bond acceptors (Lipinski definition) is 7. The van der Waals surface area contributed by atoms with Crippen molar-refractivity contribution in [1.29, 1.82) is 0 Å². The number of carbonyl (C=O) groups excluding carboxylic acids is 2. The van der Waals surface area contributed by atoms with Crippen LogP contribution in [-0.4, -0.2) is 49.7 Å². The van der Waals surface area contributed by atoms with E-state index in [1.54, 1.807) is 43.3 Å². The summed E-state index contributed by atoms with van der Waals surface area (Å²) >= 11 is 6.27. The highest BCUT2D eigenvalue weighted by molar-refractivity contribution is 6.51. The molecule has 1 unspecified atom stereocenters. The van der Waals surface area contributed by atoms with Crippen LogP contribution in [0.1, 0.15) is 24.1 Å². The van der Waals surface area contributed by atoms with Gasteiger partial charge in [0.15, 0.2) is 11.5 Å². The Kier molecular flexibility index (Phi) is 7.31. The number of rotatable bonds is 7. The zero-order valence-corrected chi connectivity index (χ0v) is 21.6. The SMILES string of the molecule is CCOc1cc(C2/C(=C(/O)c3ccc(OC)c(Cl)c3)C(=O)C(=O)N2c2ccc(N(C)C)cc2)ccc1O. The van der Waals surface area contributed by atoms with Crippen molar-refractivity contribution in [2.75, 3.05) is 37.6 Å². The van der Waals surface area contributed by atoms with E-state index < -0.39 is 17.7 Å². The zero-order chi connectivity index (χ0) is 26.9. The maximum absolute atomic E-state index is 13.4. The van der Waals surface area contributed by atoms with Crippen molar-refractivity contribution in [2.24, 2.45) is 0 Å². The number of aliphatic hydroxyl groups is 1. The van der Waals surface area contributed by atoms with Crippen LogP contribution < -0.4 is 19.3 Å². The average Bonchev–Trinajstić information content (AvgIpc) is 3.15. The van der Waals surface area contributed by atoms with Gasteiger partial charge in [-0.15, -0.1) is 0 Å². The van der Waals surface area contributed by atoms with Gasteiger partial charge >= 0.3 is 0 Å². The summed E-state index contributed by atoms with van der Waals surface area (Å²) in [5.41, 5.74) is 1.98. The van der Waals surface area contributed by atoms with Crippen molar-refractivity contribution in [3.63, 3.8) is 0 Å². The monoisotopic (exact) mass is 522 g/mol. The highest BCUT2D eigenvalue weighted by Crippen LogP contribution is 2.44. The molecule has 37 heavy (non-hydrogen) atoms. The molecule has 1 atom stereocenters. The number of carbonyl (C=O) groups is 2. The fourth-order valence-electron chi connectivity index (χ4n) is 4.27. The number of ketones is 1. The number of phenols is 1. The van der Waals surface area contributed by atoms with Gasteiger partial charge in [0.05, 0.1) is 30.4 Å². The number of aliphatic hydroxyl groups excluding tert-OH is 1. The fourth-order valence-corrected chi connectivity index (χ4v) is 4.52. The molecule has 9 heteroatoms. The summed E-state index contributed by atoms with van der Waals surface area (Å²) in [7, 11) is 5.26. The summed E-state index contributed by atoms with van der Waals surface area (Å²) < 4.78 is 10.7. The molecule has 0 saturated carbocycles. The van der Waals surface area contributed by atoms with Crippen LogP contribution in [0.15, 0.2) is 66.2 Å². The average molecular weight is 523 g/mol. The number of methoxy groups -OCH3 is 1. The molecule has 1 fully saturated rings. The van der Waals surface area contributed by atoms with Gasteiger partial charge in [0.25, 0.3) is 11.7 Å². The van der Waals surface area contributed by atoms with Gasteiger partial charge in [0.2, 0.25) is 0 Å². The predicted octanol–water partition coefficient (Wildman–Crippen LogP) is 5.15. The molecule has 3 aromatic carbocycles. The molecule has 1 heterocycles. The van der Waals surface area contributed by atoms with E-state index in [0.29, 0.717) is 23.6 Å². The van der Waals surface area contributed by atoms with Crippen LogP contribution in [0.4, 0.5) is 11.4 Å². The zero-order valence-electron chi connectivity index (χ0n) is 20.9. The number of aromatic hydroxyl groups is 1. The summed E-state index contributed by atoms with van der Waals surface area (Å²) in [6.45, 7) is 2.07. The van der Waals surface area contributed by atoms with E-state index in [4.69, 9.17) is 21.1 Å². The second kappa shape index (κ2) is 10.4. The van der Waals surface area contributed by atoms with E-state index >= 15 is 0 Å². The lowest BCUT2D eigenvalue weighted by molar-refractivity contribution is -0.132. The normalized spacial score (nSPS) is 16.7. The molecule has 0 aliphatic carbocycles. The fraction of sp³-hybridized carbons (Fsp3) is 0.214. The first-order valence-electron chi connectivity index (χ1n) is 11.6. The van der Waals surface area contributed by atoms with Crippen molar-refractivity contribution < 1.29 is 29.3 Å². The first-order valence-corrected chi connectivity index (χ1v) is 11.9. The van der Waals surface area contributed by atoms with Crippen molar-refractivity contribution in [2.45, 2.75) is 13.0 Å². The number of amides is 1. The molecular formula is C28H27ClN2O6. The minimum atomic E-state index is -0.995. The second-order valence-electron chi connectivity index (χ2n) is 8.59. The van der Waals surface area contributed by atoms with Gasteiger partial charge in [-0.2, -0.15) is 0 Å². The minimum absolute atomic E-state index is 0.0835. The van der Waals surface area contributed by atoms with Gasteiger partial charge in [-0.25, -0.2) is 0 Å². The molecule has 4 rings (SSSR count). The Hall–Kier alpha value is -4.17. The summed E-state index contributed by atoms with van der Waals surface area (Å²) in [5, 5.41) is 21.8. The van der Waals surface area contributed by atoms with E-state index in [2.05, 4.69) is 0 Å². The Bertz CT molecular complexity index is 1380. The van der Waals surface area contributed by atoms with E-state index in [1.807, 2.05) is 31.1 Å². The molecule has 2 N–H and O–H groups in total. The molecule has 3 aromatic rings. The number of ether oxygens (including phenoxy) is 2. The second-order valence-corrected chi connectivity index (χ2v) is 9.00. The Morgan fingerprint density at radius 3 is 2.32 bits per heavy atom. The Morgan fingerprint density at radius 2 is 1.73 bits per heavy atom. The minimum Gasteiger partial charge on any atom is -0.507 e. The summed E-state index contributed by atoms with van der Waals surface area (Å²) in [4.78, 5) is 30.0. The van der Waals surface area contributed by atoms with Crippen LogP contribution in [-0.2, 0) is 9.59 Å². The molecule has 1 aliphatic rings. The van der Waals surface area contributed by atoms with Crippen LogP contribution in [0, 0.1) is 0 Å². The van der Waals surface area contributed by atoms with Gasteiger partial charge in [-0.1, -0.05) is 17.7 Å². The van der Waals surface area contributed by atoms with Crippen molar-refractivity contribution in [3.8, 4) is 17.2 Å². The molecule has 192 valence electrons. The van der Waals surface area contributed by atoms with Gasteiger partial charge < -0.3 is 24.6 Å². The Balaban J connectivity index is 1.94. The van der Waals surface area contributed by atoms with E-state index in [9.17, 15) is 19.8 Å². The predicted molar refractivity (Wildman–Crippen MR) is 143 cm³/mol. The van der Waals surface area contributed by atoms with E-state index in [-0.39, 0.29) is 33.4 Å². The number of hydrogen-bond donors (Lipinski definition) is 2. The number of benzene rings is 3. The quantitative estimate of drug-likeness (QED) is 0.251. The number of nitrogens with zero attached hydrogens (tertiary/aromatic N) is 2. The molecular weight excluding hydrogens is 496 g/mol. The van der Waals surface area contributed by atoms with Crippen LogP contribution in [0.25, 0.3) is 5.76 Å². The van der Waals surface area contributed by atoms with Gasteiger partial charge in [0.1, 0.15) is 11.5 Å². The number of anilines is 2. The maximum Gasteiger partial charge on any atom is 0.300 e. The first kappa shape index (κ1) is 25.9. The van der Waals surface area contributed by atoms with Crippen molar-refractivity contribution in [3.05, 3.63) is 82.4 Å². The Morgan fingerprint density at radius 1 is 1.03 bits per heavy atom. The van der Waals surface area contributed by atoms with Gasteiger partial charge in [-0.05, 0) is 67.1 Å². The topological polar surface area (TPSA) is 99.5 Å². The number of halogens is 1. The van der Waals surface area contributed by atoms with Gasteiger partial charge in [-0.3, -0.25) is 14.5 Å². The van der Waals surface area contributed by atoms with Crippen LogP contribution in [0.5, 0.6) is 17.2 Å². The lowest BCUT2D eigenvalue weighted by atomic mass is 9.94. The van der Waals surface area contributed by atoms with E-state index in [0.717, 1.165) is 5.69 Å². The first-order chi connectivity index (χ1) is 17.7. The summed E-state index contributed by atoms with van der Waals surface area (Å²) in [5.74, 6) is -1.52. The molecule has 0 aromatic heterocycles. The van der Waals surface area contributed by atoms with Crippen LogP contribution in [0.2, 0.25) is 5.02 Å². The summed E-state index contributed by atoms with van der Waals surface area (Å²) in [6, 6.07) is 15.3. The number of Topliss-reactive ketones (excluding diaryl/α,β-unsaturated/α-hetero) is 1. The highest BCUT2D eigenvalue weighted by Gasteiger charge is 2.47. The smallest absolute Gasteiger partial charge is 0.300 e. The third kappa shape index (κ3) is 4.80. The molecule has 1 amide bonds. The van der Waals surface area contributed by atoms with Crippen LogP contribution >= 0.6 is 11.6 Å².